The van der Waals surface area contributed by atoms with Gasteiger partial charge in [0.15, 0.2) is 0 Å². The number of carbonyl (C=O) groups is 1. The van der Waals surface area contributed by atoms with Crippen molar-refractivity contribution in [1.29, 1.82) is 0 Å². The van der Waals surface area contributed by atoms with Gasteiger partial charge in [0.25, 0.3) is 0 Å². The number of benzene rings is 1. The van der Waals surface area contributed by atoms with Gasteiger partial charge in [0.2, 0.25) is 5.91 Å². The summed E-state index contributed by atoms with van der Waals surface area (Å²) in [5.74, 6) is 1.51. The number of aromatic nitrogens is 2. The van der Waals surface area contributed by atoms with Gasteiger partial charge in [-0.05, 0) is 38.0 Å². The van der Waals surface area contributed by atoms with Crippen LogP contribution in [0.15, 0.2) is 36.5 Å². The van der Waals surface area contributed by atoms with Crippen LogP contribution in [-0.4, -0.2) is 22.3 Å². The molecule has 0 saturated heterocycles. The molecule has 1 atom stereocenters. The van der Waals surface area contributed by atoms with E-state index in [9.17, 15) is 4.79 Å². The van der Waals surface area contributed by atoms with Gasteiger partial charge < -0.3 is 10.1 Å². The van der Waals surface area contributed by atoms with Crippen molar-refractivity contribution in [2.45, 2.75) is 39.7 Å². The van der Waals surface area contributed by atoms with E-state index in [1.165, 1.54) is 0 Å². The maximum atomic E-state index is 12.2. The van der Waals surface area contributed by atoms with Gasteiger partial charge >= 0.3 is 0 Å². The summed E-state index contributed by atoms with van der Waals surface area (Å²) in [5.41, 5.74) is 0.954. The maximum absolute atomic E-state index is 12.2. The molecule has 0 radical (unpaired) electrons. The molecule has 1 heterocycles. The van der Waals surface area contributed by atoms with Gasteiger partial charge in [0, 0.05) is 6.07 Å². The number of hydrogen-bond donors (Lipinski definition) is 1. The van der Waals surface area contributed by atoms with Gasteiger partial charge in [0.05, 0.1) is 25.3 Å². The molecule has 1 aromatic carbocycles. The van der Waals surface area contributed by atoms with E-state index >= 15 is 0 Å². The number of nitrogens with one attached hydrogen (secondary N) is 1. The number of hydrogen-bond acceptors (Lipinski definition) is 3. The lowest BCUT2D eigenvalue weighted by molar-refractivity contribution is -0.115. The molecule has 5 heteroatoms. The van der Waals surface area contributed by atoms with E-state index < -0.39 is 0 Å². The van der Waals surface area contributed by atoms with E-state index in [0.717, 1.165) is 23.6 Å². The third kappa shape index (κ3) is 4.10. The van der Waals surface area contributed by atoms with Crippen molar-refractivity contribution in [2.24, 2.45) is 0 Å². The zero-order valence-corrected chi connectivity index (χ0v) is 13.4. The maximum Gasteiger partial charge on any atom is 0.229 e. The molecule has 0 bridgehead atoms. The number of anilines is 1. The Bertz CT molecular complexity index is 605. The number of nitrogens with zero attached hydrogens (tertiary/aromatic N) is 2. The van der Waals surface area contributed by atoms with Gasteiger partial charge in [-0.1, -0.05) is 19.1 Å². The second-order valence-electron chi connectivity index (χ2n) is 5.22. The summed E-state index contributed by atoms with van der Waals surface area (Å²) in [7, 11) is 0. The van der Waals surface area contributed by atoms with Crippen LogP contribution in [0, 0.1) is 0 Å². The number of carbonyl (C=O) groups excluding carboxylic acids is 1. The molecule has 1 amide bonds. The van der Waals surface area contributed by atoms with E-state index in [0.29, 0.717) is 13.0 Å². The fourth-order valence-corrected chi connectivity index (χ4v) is 2.18. The zero-order chi connectivity index (χ0) is 15.9. The molecule has 0 saturated carbocycles. The Morgan fingerprint density at radius 1 is 1.27 bits per heavy atom. The standard InChI is InChI=1S/C17H23N3O2/c1-4-13(3)20-16(10-11-18-20)19-17(21)12-14-6-8-15(9-7-14)22-5-2/h6-11,13H,4-5,12H2,1-3H3,(H,19,21). The van der Waals surface area contributed by atoms with E-state index in [4.69, 9.17) is 4.74 Å². The molecule has 2 rings (SSSR count). The fourth-order valence-electron chi connectivity index (χ4n) is 2.18. The van der Waals surface area contributed by atoms with Crippen LogP contribution in [0.4, 0.5) is 5.82 Å². The predicted molar refractivity (Wildman–Crippen MR) is 87.2 cm³/mol. The van der Waals surface area contributed by atoms with Crippen LogP contribution in [-0.2, 0) is 11.2 Å². The normalized spacial score (nSPS) is 12.0. The fraction of sp³-hybridized carbons (Fsp3) is 0.412. The molecule has 0 aliphatic heterocycles. The van der Waals surface area contributed by atoms with Crippen LogP contribution in [0.1, 0.15) is 38.8 Å². The summed E-state index contributed by atoms with van der Waals surface area (Å²) in [4.78, 5) is 12.2. The Kier molecular flexibility index (Phi) is 5.58. The van der Waals surface area contributed by atoms with Crippen molar-refractivity contribution < 1.29 is 9.53 Å². The SMILES string of the molecule is CCOc1ccc(CC(=O)Nc2ccnn2C(C)CC)cc1. The molecule has 2 aromatic rings. The molecule has 1 N–H and O–H groups in total. The molecule has 1 unspecified atom stereocenters. The molecule has 0 fully saturated rings. The molecular weight excluding hydrogens is 278 g/mol. The summed E-state index contributed by atoms with van der Waals surface area (Å²) < 4.78 is 7.24. The van der Waals surface area contributed by atoms with E-state index in [-0.39, 0.29) is 11.9 Å². The van der Waals surface area contributed by atoms with Gasteiger partial charge in [-0.3, -0.25) is 4.79 Å². The minimum Gasteiger partial charge on any atom is -0.494 e. The molecule has 0 spiro atoms. The highest BCUT2D eigenvalue weighted by Gasteiger charge is 2.11. The summed E-state index contributed by atoms with van der Waals surface area (Å²) in [6.45, 7) is 6.76. The molecule has 0 aliphatic rings. The Labute approximate surface area is 131 Å². The molecule has 118 valence electrons. The summed E-state index contributed by atoms with van der Waals surface area (Å²) in [5, 5.41) is 7.19. The van der Waals surface area contributed by atoms with Crippen LogP contribution >= 0.6 is 0 Å². The predicted octanol–water partition coefficient (Wildman–Crippen LogP) is 3.43. The van der Waals surface area contributed by atoms with Gasteiger partial charge in [-0.15, -0.1) is 0 Å². The quantitative estimate of drug-likeness (QED) is 0.852. The van der Waals surface area contributed by atoms with E-state index in [1.807, 2.05) is 41.9 Å². The second-order valence-corrected chi connectivity index (χ2v) is 5.22. The molecular formula is C17H23N3O2. The first-order chi connectivity index (χ1) is 10.6. The first kappa shape index (κ1) is 16.1. The van der Waals surface area contributed by atoms with Crippen molar-refractivity contribution >= 4 is 11.7 Å². The molecule has 5 nitrogen and oxygen atoms in total. The third-order valence-corrected chi connectivity index (χ3v) is 3.55. The third-order valence-electron chi connectivity index (χ3n) is 3.55. The smallest absolute Gasteiger partial charge is 0.229 e. The molecule has 0 aliphatic carbocycles. The lowest BCUT2D eigenvalue weighted by Gasteiger charge is -2.14. The summed E-state index contributed by atoms with van der Waals surface area (Å²) in [6.07, 6.45) is 3.00. The van der Waals surface area contributed by atoms with E-state index in [1.54, 1.807) is 6.20 Å². The van der Waals surface area contributed by atoms with Crippen molar-refractivity contribution in [1.82, 2.24) is 9.78 Å². The monoisotopic (exact) mass is 301 g/mol. The van der Waals surface area contributed by atoms with Gasteiger partial charge in [0.1, 0.15) is 11.6 Å². The highest BCUT2D eigenvalue weighted by Crippen LogP contribution is 2.17. The Hall–Kier alpha value is -2.30. The van der Waals surface area contributed by atoms with Crippen molar-refractivity contribution in [3.8, 4) is 5.75 Å². The Balaban J connectivity index is 1.97. The van der Waals surface area contributed by atoms with E-state index in [2.05, 4.69) is 24.3 Å². The first-order valence-corrected chi connectivity index (χ1v) is 7.69. The van der Waals surface area contributed by atoms with Crippen LogP contribution in [0.25, 0.3) is 0 Å². The molecule has 22 heavy (non-hydrogen) atoms. The van der Waals surface area contributed by atoms with Gasteiger partial charge in [-0.25, -0.2) is 4.68 Å². The van der Waals surface area contributed by atoms with Crippen LogP contribution in [0.5, 0.6) is 5.75 Å². The minimum absolute atomic E-state index is 0.0470. The Morgan fingerprint density at radius 2 is 2.00 bits per heavy atom. The van der Waals surface area contributed by atoms with Crippen LogP contribution in [0.3, 0.4) is 0 Å². The second kappa shape index (κ2) is 7.64. The summed E-state index contributed by atoms with van der Waals surface area (Å²) >= 11 is 0. The largest absolute Gasteiger partial charge is 0.494 e. The number of ether oxygens (including phenoxy) is 1. The summed E-state index contributed by atoms with van der Waals surface area (Å²) in [6, 6.07) is 9.68. The van der Waals surface area contributed by atoms with Crippen molar-refractivity contribution in [3.63, 3.8) is 0 Å². The lowest BCUT2D eigenvalue weighted by atomic mass is 10.1. The van der Waals surface area contributed by atoms with Crippen LogP contribution < -0.4 is 10.1 Å². The topological polar surface area (TPSA) is 56.1 Å². The van der Waals surface area contributed by atoms with Gasteiger partial charge in [-0.2, -0.15) is 5.10 Å². The van der Waals surface area contributed by atoms with Crippen molar-refractivity contribution in [3.05, 3.63) is 42.1 Å². The Morgan fingerprint density at radius 3 is 2.64 bits per heavy atom. The number of rotatable bonds is 7. The first-order valence-electron chi connectivity index (χ1n) is 7.69. The highest BCUT2D eigenvalue weighted by molar-refractivity contribution is 5.91. The average Bonchev–Trinajstić information content (AvgIpc) is 2.96. The van der Waals surface area contributed by atoms with Crippen molar-refractivity contribution in [2.75, 3.05) is 11.9 Å². The number of amides is 1. The van der Waals surface area contributed by atoms with Crippen LogP contribution in [0.2, 0.25) is 0 Å². The minimum atomic E-state index is -0.0470. The zero-order valence-electron chi connectivity index (χ0n) is 13.4. The average molecular weight is 301 g/mol. The lowest BCUT2D eigenvalue weighted by Crippen LogP contribution is -2.19. The molecule has 1 aromatic heterocycles. The highest BCUT2D eigenvalue weighted by atomic mass is 16.5.